The van der Waals surface area contributed by atoms with E-state index in [1.165, 1.54) is 43.5 Å². The third kappa shape index (κ3) is 11.6. The van der Waals surface area contributed by atoms with Crippen LogP contribution in [0.1, 0.15) is 20.7 Å². The molecule has 21 nitrogen and oxygen atoms in total. The number of azo groups is 2. The molecule has 5 aromatic rings. The van der Waals surface area contributed by atoms with Crippen molar-refractivity contribution in [1.82, 2.24) is 15.0 Å². The number of methoxy groups -OCH3 is 1. The summed E-state index contributed by atoms with van der Waals surface area (Å²) < 4.78 is 48.7. The van der Waals surface area contributed by atoms with Crippen LogP contribution in [0, 0.1) is 0 Å². The van der Waals surface area contributed by atoms with E-state index in [-0.39, 0.29) is 63.6 Å². The van der Waals surface area contributed by atoms with Crippen LogP contribution in [0.25, 0.3) is 0 Å². The molecule has 0 spiro atoms. The first-order chi connectivity index (χ1) is 26.0. The molecule has 8 N–H and O–H groups in total. The third-order valence-corrected chi connectivity index (χ3v) is 8.64. The number of hydrogen-bond acceptors (Lipinski definition) is 16. The van der Waals surface area contributed by atoms with Gasteiger partial charge in [-0.2, -0.15) is 38.7 Å². The van der Waals surface area contributed by atoms with E-state index in [0.29, 0.717) is 17.1 Å². The molecule has 284 valence electrons. The summed E-state index contributed by atoms with van der Waals surface area (Å²) in [7, 11) is -7.39. The third-order valence-electron chi connectivity index (χ3n) is 6.97. The second-order valence-electron chi connectivity index (χ2n) is 11.0. The number of nitrogens with zero attached hydrogens (tertiary/aromatic N) is 7. The van der Waals surface area contributed by atoms with E-state index in [4.69, 9.17) is 9.29 Å². The molecule has 0 atom stereocenters. The summed E-state index contributed by atoms with van der Waals surface area (Å²) >= 11 is 0. The minimum absolute atomic E-state index is 0.00263. The molecule has 55 heavy (non-hydrogen) atoms. The van der Waals surface area contributed by atoms with Gasteiger partial charge in [0, 0.05) is 24.0 Å². The fourth-order valence-electron chi connectivity index (χ4n) is 4.45. The molecule has 4 aromatic carbocycles. The standard InChI is InChI=1S/C32H29N10O11PS/c1-53-27-17-22(9-10-26(27)42-40-23-3-2-4-25(16-23)54(47,48)49)35-32-37-30(33-11-12-55(50,51)52)36-31(38-32)34-20-5-7-21(8-6-20)39-41-24-14-18(28(43)44)13-19(15-24)29(45)46/h2-10,13-17H,11-12H2,1H3,(H,43,44)(H,45,46)(H2,47,48,49)(H,50,51,52)(H3,33,34,35,36,37,38). The molecule has 0 fully saturated rings. The van der Waals surface area contributed by atoms with Gasteiger partial charge in [-0.3, -0.25) is 9.12 Å². The fourth-order valence-corrected chi connectivity index (χ4v) is 5.39. The Kier molecular flexibility index (Phi) is 12.2. The van der Waals surface area contributed by atoms with Gasteiger partial charge in [0.05, 0.1) is 46.4 Å². The Labute approximate surface area is 310 Å². The minimum atomic E-state index is -4.49. The van der Waals surface area contributed by atoms with Crippen LogP contribution in [-0.4, -0.2) is 79.3 Å². The van der Waals surface area contributed by atoms with Crippen LogP contribution in [0.5, 0.6) is 5.75 Å². The van der Waals surface area contributed by atoms with Crippen molar-refractivity contribution in [3.05, 3.63) is 96.1 Å². The lowest BCUT2D eigenvalue weighted by atomic mass is 10.1. The van der Waals surface area contributed by atoms with Gasteiger partial charge < -0.3 is 40.7 Å². The van der Waals surface area contributed by atoms with Crippen molar-refractivity contribution in [3.8, 4) is 5.75 Å². The first-order valence-corrected chi connectivity index (χ1v) is 18.7. The van der Waals surface area contributed by atoms with E-state index in [2.05, 4.69) is 51.4 Å². The summed E-state index contributed by atoms with van der Waals surface area (Å²) in [6.07, 6.45) is 0. The first-order valence-electron chi connectivity index (χ1n) is 15.4. The molecule has 0 aliphatic heterocycles. The number of carboxylic acid groups (broad SMARTS) is 2. The number of hydrogen-bond donors (Lipinski definition) is 8. The normalized spacial score (nSPS) is 11.8. The molecular weight excluding hydrogens is 763 g/mol. The minimum Gasteiger partial charge on any atom is -0.494 e. The Bertz CT molecular complexity index is 2430. The maximum atomic E-state index is 11.6. The number of rotatable bonds is 16. The van der Waals surface area contributed by atoms with Gasteiger partial charge in [-0.15, -0.1) is 5.11 Å². The van der Waals surface area contributed by atoms with Crippen LogP contribution in [0.4, 0.5) is 52.0 Å². The number of aromatic carboxylic acids is 2. The van der Waals surface area contributed by atoms with Crippen LogP contribution in [-0.2, 0) is 14.7 Å². The summed E-state index contributed by atoms with van der Waals surface area (Å²) in [5.74, 6) is -3.09. The molecule has 1 heterocycles. The number of anilines is 5. The molecule has 0 amide bonds. The van der Waals surface area contributed by atoms with E-state index < -0.39 is 35.4 Å². The SMILES string of the molecule is COc1cc(Nc2nc(NCCS(=O)(=O)O)nc(Nc3ccc(N=Nc4cc(C(=O)O)cc(C(=O)O)c4)cc3)n2)ccc1N=Nc1cccc(P(=O)(O)O)c1. The number of ether oxygens (including phenoxy) is 1. The molecule has 1 aromatic heterocycles. The Balaban J connectivity index is 1.35. The summed E-state index contributed by atoms with van der Waals surface area (Å²) in [5.41, 5.74) is 1.17. The van der Waals surface area contributed by atoms with Crippen molar-refractivity contribution >= 4 is 86.9 Å². The highest BCUT2D eigenvalue weighted by Gasteiger charge is 2.17. The second-order valence-corrected chi connectivity index (χ2v) is 14.2. The molecule has 0 radical (unpaired) electrons. The second kappa shape index (κ2) is 17.0. The van der Waals surface area contributed by atoms with Crippen molar-refractivity contribution in [3.63, 3.8) is 0 Å². The van der Waals surface area contributed by atoms with Crippen molar-refractivity contribution in [2.24, 2.45) is 20.5 Å². The van der Waals surface area contributed by atoms with Crippen LogP contribution in [0.15, 0.2) is 105 Å². The van der Waals surface area contributed by atoms with E-state index in [1.807, 2.05) is 0 Å². The Morgan fingerprint density at radius 1 is 0.727 bits per heavy atom. The van der Waals surface area contributed by atoms with Gasteiger partial charge in [-0.1, -0.05) is 6.07 Å². The summed E-state index contributed by atoms with van der Waals surface area (Å²) in [4.78, 5) is 54.5. The van der Waals surface area contributed by atoms with Crippen LogP contribution < -0.4 is 26.0 Å². The summed E-state index contributed by atoms with van der Waals surface area (Å²) in [5, 5.41) is 43.2. The average Bonchev–Trinajstić information content (AvgIpc) is 3.13. The van der Waals surface area contributed by atoms with Crippen LogP contribution in [0.2, 0.25) is 0 Å². The van der Waals surface area contributed by atoms with Gasteiger partial charge in [0.15, 0.2) is 0 Å². The molecular formula is C32H29N10O11PS. The highest BCUT2D eigenvalue weighted by atomic mass is 32.2. The molecule has 5 rings (SSSR count). The Hall–Kier alpha value is -6.71. The maximum Gasteiger partial charge on any atom is 0.356 e. The highest BCUT2D eigenvalue weighted by Crippen LogP contribution is 2.36. The molecule has 0 bridgehead atoms. The number of nitrogens with one attached hydrogen (secondary N) is 3. The molecule has 23 heteroatoms. The van der Waals surface area contributed by atoms with Crippen molar-refractivity contribution in [1.29, 1.82) is 0 Å². The zero-order valence-electron chi connectivity index (χ0n) is 28.2. The fraction of sp³-hybridized carbons (Fsp3) is 0.0938. The topological polar surface area (TPSA) is 320 Å². The van der Waals surface area contributed by atoms with Gasteiger partial charge in [-0.25, -0.2) is 9.59 Å². The maximum absolute atomic E-state index is 11.6. The van der Waals surface area contributed by atoms with Gasteiger partial charge in [0.2, 0.25) is 17.8 Å². The lowest BCUT2D eigenvalue weighted by Gasteiger charge is -2.12. The summed E-state index contributed by atoms with van der Waals surface area (Å²) in [6.45, 7) is -0.241. The molecule has 0 unspecified atom stereocenters. The number of carboxylic acids is 2. The molecule has 0 saturated carbocycles. The van der Waals surface area contributed by atoms with Crippen LogP contribution >= 0.6 is 7.60 Å². The van der Waals surface area contributed by atoms with Crippen molar-refractivity contribution < 1.29 is 51.9 Å². The van der Waals surface area contributed by atoms with E-state index >= 15 is 0 Å². The quantitative estimate of drug-likeness (QED) is 0.0337. The lowest BCUT2D eigenvalue weighted by molar-refractivity contribution is 0.0696. The highest BCUT2D eigenvalue weighted by molar-refractivity contribution is 7.85. The Morgan fingerprint density at radius 3 is 1.91 bits per heavy atom. The van der Waals surface area contributed by atoms with Crippen LogP contribution in [0.3, 0.4) is 0 Å². The van der Waals surface area contributed by atoms with E-state index in [9.17, 15) is 42.6 Å². The zero-order valence-corrected chi connectivity index (χ0v) is 29.9. The smallest absolute Gasteiger partial charge is 0.356 e. The first kappa shape index (κ1) is 39.5. The molecule has 0 aliphatic carbocycles. The predicted molar refractivity (Wildman–Crippen MR) is 198 cm³/mol. The molecule has 0 saturated heterocycles. The molecule has 0 aliphatic rings. The number of benzene rings is 4. The zero-order chi connectivity index (χ0) is 39.8. The van der Waals surface area contributed by atoms with Crippen molar-refractivity contribution in [2.75, 3.05) is 35.4 Å². The van der Waals surface area contributed by atoms with Gasteiger partial charge in [0.1, 0.15) is 11.4 Å². The number of aromatic nitrogens is 3. The summed E-state index contributed by atoms with van der Waals surface area (Å²) in [6, 6.07) is 19.8. The van der Waals surface area contributed by atoms with E-state index in [1.54, 1.807) is 42.5 Å². The van der Waals surface area contributed by atoms with Gasteiger partial charge >= 0.3 is 19.5 Å². The van der Waals surface area contributed by atoms with E-state index in [0.717, 1.165) is 6.07 Å². The Morgan fingerprint density at radius 2 is 1.31 bits per heavy atom. The average molecular weight is 793 g/mol. The number of carbonyl (C=O) groups is 2. The predicted octanol–water partition coefficient (Wildman–Crippen LogP) is 5.70. The van der Waals surface area contributed by atoms with Gasteiger partial charge in [0.25, 0.3) is 10.1 Å². The van der Waals surface area contributed by atoms with Crippen molar-refractivity contribution in [2.45, 2.75) is 0 Å². The lowest BCUT2D eigenvalue weighted by Crippen LogP contribution is -2.17. The monoisotopic (exact) mass is 792 g/mol. The largest absolute Gasteiger partial charge is 0.494 e. The van der Waals surface area contributed by atoms with Gasteiger partial charge in [-0.05, 0) is 72.8 Å².